The smallest absolute Gasteiger partial charge is 0.150 e. The first-order chi connectivity index (χ1) is 7.24. The van der Waals surface area contributed by atoms with E-state index in [1.54, 1.807) is 0 Å². The van der Waals surface area contributed by atoms with Crippen molar-refractivity contribution in [1.29, 1.82) is 0 Å². The minimum absolute atomic E-state index is 0.175. The van der Waals surface area contributed by atoms with Crippen LogP contribution in [-0.4, -0.2) is 6.29 Å². The summed E-state index contributed by atoms with van der Waals surface area (Å²) in [6.07, 6.45) is 2.95. The summed E-state index contributed by atoms with van der Waals surface area (Å²) in [4.78, 5) is 10.7. The van der Waals surface area contributed by atoms with Crippen LogP contribution in [0.15, 0.2) is 12.1 Å². The third kappa shape index (κ3) is 2.10. The molecule has 0 bridgehead atoms. The van der Waals surface area contributed by atoms with Crippen molar-refractivity contribution in [2.45, 2.75) is 39.7 Å². The molecule has 1 unspecified atom stereocenters. The highest BCUT2D eigenvalue weighted by molar-refractivity contribution is 5.78. The average Bonchev–Trinajstić information content (AvgIpc) is 2.65. The maximum absolute atomic E-state index is 10.7. The first kappa shape index (κ1) is 11.9. The lowest BCUT2D eigenvalue weighted by atomic mass is 9.99. The van der Waals surface area contributed by atoms with E-state index in [1.165, 1.54) is 11.1 Å². The zero-order valence-electron chi connectivity index (χ0n) is 9.71. The van der Waals surface area contributed by atoms with Gasteiger partial charge in [0.05, 0.1) is 0 Å². The molecule has 2 heteroatoms. The van der Waals surface area contributed by atoms with E-state index in [2.05, 4.69) is 0 Å². The molecule has 1 atom stereocenters. The molecule has 2 nitrogen and oxygen atoms in total. The van der Waals surface area contributed by atoms with Crippen LogP contribution >= 0.6 is 0 Å². The van der Waals surface area contributed by atoms with Gasteiger partial charge in [-0.25, -0.2) is 0 Å². The lowest BCUT2D eigenvalue weighted by Gasteiger charge is -2.08. The summed E-state index contributed by atoms with van der Waals surface area (Å²) < 4.78 is 0. The molecule has 0 amide bonds. The zero-order valence-corrected chi connectivity index (χ0v) is 9.71. The van der Waals surface area contributed by atoms with Crippen LogP contribution in [0.5, 0.6) is 0 Å². The van der Waals surface area contributed by atoms with Crippen LogP contribution in [0.4, 0.5) is 0 Å². The van der Waals surface area contributed by atoms with Crippen molar-refractivity contribution in [3.63, 3.8) is 0 Å². The van der Waals surface area contributed by atoms with E-state index in [0.717, 1.165) is 30.3 Å². The van der Waals surface area contributed by atoms with Crippen LogP contribution in [0.1, 0.15) is 53.4 Å². The molecule has 0 aromatic heterocycles. The predicted octanol–water partition coefficient (Wildman–Crippen LogP) is 2.78. The summed E-state index contributed by atoms with van der Waals surface area (Å²) in [5.41, 5.74) is 10.3. The molecular weight excluding hydrogens is 186 g/mol. The molecule has 0 saturated carbocycles. The monoisotopic (exact) mass is 205 g/mol. The Morgan fingerprint density at radius 1 is 1.40 bits per heavy atom. The lowest BCUT2D eigenvalue weighted by molar-refractivity contribution is 0.112. The number of hydrogen-bond donors (Lipinski definition) is 1. The van der Waals surface area contributed by atoms with Crippen molar-refractivity contribution in [1.82, 2.24) is 0 Å². The van der Waals surface area contributed by atoms with Gasteiger partial charge in [-0.15, -0.1) is 0 Å². The topological polar surface area (TPSA) is 43.1 Å². The molecule has 1 aliphatic rings. The highest BCUT2D eigenvalue weighted by Crippen LogP contribution is 2.32. The van der Waals surface area contributed by atoms with Crippen LogP contribution in [0.25, 0.3) is 0 Å². The van der Waals surface area contributed by atoms with Crippen LogP contribution in [0.2, 0.25) is 0 Å². The SMILES string of the molecule is CC.Cc1c(C=O)ccc2c1CCC2N. The van der Waals surface area contributed by atoms with Crippen LogP contribution < -0.4 is 5.73 Å². The first-order valence-electron chi connectivity index (χ1n) is 5.57. The maximum Gasteiger partial charge on any atom is 0.150 e. The number of fused-ring (bicyclic) bond motifs is 1. The highest BCUT2D eigenvalue weighted by atomic mass is 16.1. The number of benzene rings is 1. The number of nitrogens with two attached hydrogens (primary N) is 1. The summed E-state index contributed by atoms with van der Waals surface area (Å²) in [6.45, 7) is 6.00. The summed E-state index contributed by atoms with van der Waals surface area (Å²) in [7, 11) is 0. The van der Waals surface area contributed by atoms with Gasteiger partial charge in [-0.05, 0) is 36.5 Å². The highest BCUT2D eigenvalue weighted by Gasteiger charge is 2.21. The van der Waals surface area contributed by atoms with Gasteiger partial charge in [-0.3, -0.25) is 4.79 Å². The van der Waals surface area contributed by atoms with Crippen molar-refractivity contribution in [2.75, 3.05) is 0 Å². The van der Waals surface area contributed by atoms with Gasteiger partial charge in [0.15, 0.2) is 0 Å². The van der Waals surface area contributed by atoms with E-state index in [0.29, 0.717) is 0 Å². The van der Waals surface area contributed by atoms with Gasteiger partial charge in [0.2, 0.25) is 0 Å². The van der Waals surface area contributed by atoms with Crippen LogP contribution in [-0.2, 0) is 6.42 Å². The Morgan fingerprint density at radius 2 is 2.07 bits per heavy atom. The normalized spacial score (nSPS) is 17.7. The number of carbonyl (C=O) groups excluding carboxylic acids is 1. The van der Waals surface area contributed by atoms with E-state index < -0.39 is 0 Å². The van der Waals surface area contributed by atoms with Gasteiger partial charge in [-0.1, -0.05) is 26.0 Å². The van der Waals surface area contributed by atoms with Gasteiger partial charge in [-0.2, -0.15) is 0 Å². The molecule has 0 fully saturated rings. The number of carbonyl (C=O) groups is 1. The maximum atomic E-state index is 10.7. The fourth-order valence-corrected chi connectivity index (χ4v) is 2.06. The standard InChI is InChI=1S/C11H13NO.C2H6/c1-7-8(6-13)2-3-10-9(7)4-5-11(10)12;1-2/h2-3,6,11H,4-5,12H2,1H3;1-2H3. The van der Waals surface area contributed by atoms with E-state index in [9.17, 15) is 4.79 Å². The molecule has 15 heavy (non-hydrogen) atoms. The molecule has 0 heterocycles. The summed E-state index contributed by atoms with van der Waals surface area (Å²) >= 11 is 0. The quantitative estimate of drug-likeness (QED) is 0.716. The van der Waals surface area contributed by atoms with Crippen molar-refractivity contribution < 1.29 is 4.79 Å². The largest absolute Gasteiger partial charge is 0.324 e. The lowest BCUT2D eigenvalue weighted by Crippen LogP contribution is -2.05. The van der Waals surface area contributed by atoms with E-state index >= 15 is 0 Å². The van der Waals surface area contributed by atoms with Crippen molar-refractivity contribution in [2.24, 2.45) is 5.73 Å². The minimum atomic E-state index is 0.175. The Hall–Kier alpha value is -1.15. The fraction of sp³-hybridized carbons (Fsp3) is 0.462. The van der Waals surface area contributed by atoms with Gasteiger partial charge in [0.25, 0.3) is 0 Å². The van der Waals surface area contributed by atoms with Crippen molar-refractivity contribution in [3.8, 4) is 0 Å². The Kier molecular flexibility index (Phi) is 4.04. The molecule has 0 spiro atoms. The summed E-state index contributed by atoms with van der Waals surface area (Å²) in [5.74, 6) is 0. The van der Waals surface area contributed by atoms with Gasteiger partial charge >= 0.3 is 0 Å². The van der Waals surface area contributed by atoms with E-state index in [4.69, 9.17) is 5.73 Å². The molecule has 82 valence electrons. The Balaban J connectivity index is 0.000000531. The molecule has 0 aliphatic heterocycles. The van der Waals surface area contributed by atoms with Gasteiger partial charge in [0, 0.05) is 11.6 Å². The molecule has 2 rings (SSSR count). The van der Waals surface area contributed by atoms with E-state index in [1.807, 2.05) is 32.9 Å². The molecule has 0 radical (unpaired) electrons. The molecule has 0 saturated heterocycles. The average molecular weight is 205 g/mol. The van der Waals surface area contributed by atoms with Gasteiger partial charge in [0.1, 0.15) is 6.29 Å². The third-order valence-corrected chi connectivity index (χ3v) is 2.91. The zero-order chi connectivity index (χ0) is 11.4. The second kappa shape index (κ2) is 5.08. The first-order valence-corrected chi connectivity index (χ1v) is 5.57. The van der Waals surface area contributed by atoms with E-state index in [-0.39, 0.29) is 6.04 Å². The van der Waals surface area contributed by atoms with Crippen LogP contribution in [0, 0.1) is 6.92 Å². The molecule has 1 aromatic rings. The Bertz CT molecular complexity index is 358. The number of aldehydes is 1. The summed E-state index contributed by atoms with van der Waals surface area (Å²) in [6, 6.07) is 4.03. The molecule has 2 N–H and O–H groups in total. The third-order valence-electron chi connectivity index (χ3n) is 2.91. The Morgan fingerprint density at radius 3 is 2.67 bits per heavy atom. The second-order valence-electron chi connectivity index (χ2n) is 3.61. The van der Waals surface area contributed by atoms with Crippen LogP contribution in [0.3, 0.4) is 0 Å². The van der Waals surface area contributed by atoms with Crippen molar-refractivity contribution >= 4 is 6.29 Å². The predicted molar refractivity (Wildman–Crippen MR) is 63.2 cm³/mol. The minimum Gasteiger partial charge on any atom is -0.324 e. The molecule has 1 aliphatic carbocycles. The number of rotatable bonds is 1. The molecular formula is C13H19NO. The molecule has 1 aromatic carbocycles. The summed E-state index contributed by atoms with van der Waals surface area (Å²) in [5, 5.41) is 0. The van der Waals surface area contributed by atoms with Gasteiger partial charge < -0.3 is 5.73 Å². The van der Waals surface area contributed by atoms with Crippen molar-refractivity contribution in [3.05, 3.63) is 34.4 Å². The second-order valence-corrected chi connectivity index (χ2v) is 3.61. The number of hydrogen-bond acceptors (Lipinski definition) is 2. The Labute approximate surface area is 91.5 Å². The fourth-order valence-electron chi connectivity index (χ4n) is 2.06.